The minimum atomic E-state index is -3.35. The number of amides is 1. The van der Waals surface area contributed by atoms with Crippen LogP contribution >= 0.6 is 0 Å². The second-order valence-corrected chi connectivity index (χ2v) is 7.63. The molecule has 23 heavy (non-hydrogen) atoms. The molecule has 3 rings (SSSR count). The van der Waals surface area contributed by atoms with Gasteiger partial charge in [0, 0.05) is 11.8 Å². The molecule has 1 aliphatic rings. The van der Waals surface area contributed by atoms with E-state index in [0.29, 0.717) is 5.82 Å². The van der Waals surface area contributed by atoms with Gasteiger partial charge in [0.25, 0.3) is 5.91 Å². The molecule has 0 bridgehead atoms. The molecule has 0 fully saturated rings. The highest BCUT2D eigenvalue weighted by Crippen LogP contribution is 2.19. The maximum atomic E-state index is 12.3. The summed E-state index contributed by atoms with van der Waals surface area (Å²) < 4.78 is 23.1. The Morgan fingerprint density at radius 2 is 1.91 bits per heavy atom. The van der Waals surface area contributed by atoms with Crippen molar-refractivity contribution in [3.63, 3.8) is 0 Å². The number of fused-ring (bicyclic) bond motifs is 1. The molecule has 1 aromatic carbocycles. The molecule has 7 heteroatoms. The summed E-state index contributed by atoms with van der Waals surface area (Å²) in [6.45, 7) is 0. The van der Waals surface area contributed by atoms with Crippen molar-refractivity contribution in [3.05, 3.63) is 47.4 Å². The SMILES string of the molecule is CS(=O)(=O)c1cccc(C(=O)Nc2cnc3c(n2)CCCC3)c1. The van der Waals surface area contributed by atoms with Crippen LogP contribution in [0.4, 0.5) is 5.82 Å². The third-order valence-electron chi connectivity index (χ3n) is 3.77. The molecule has 1 aromatic heterocycles. The van der Waals surface area contributed by atoms with Crippen LogP contribution in [0.5, 0.6) is 0 Å². The summed E-state index contributed by atoms with van der Waals surface area (Å²) in [4.78, 5) is 21.2. The smallest absolute Gasteiger partial charge is 0.256 e. The minimum absolute atomic E-state index is 0.113. The zero-order chi connectivity index (χ0) is 16.4. The summed E-state index contributed by atoms with van der Waals surface area (Å²) >= 11 is 0. The van der Waals surface area contributed by atoms with Gasteiger partial charge in [-0.2, -0.15) is 0 Å². The van der Waals surface area contributed by atoms with E-state index in [-0.39, 0.29) is 10.5 Å². The van der Waals surface area contributed by atoms with Crippen LogP contribution in [0.2, 0.25) is 0 Å². The predicted octanol–water partition coefficient (Wildman–Crippen LogP) is 2.01. The molecule has 0 atom stereocenters. The van der Waals surface area contributed by atoms with Crippen LogP contribution in [0.15, 0.2) is 35.4 Å². The summed E-state index contributed by atoms with van der Waals surface area (Å²) in [5.41, 5.74) is 2.19. The van der Waals surface area contributed by atoms with Gasteiger partial charge in [0.2, 0.25) is 0 Å². The largest absolute Gasteiger partial charge is 0.305 e. The van der Waals surface area contributed by atoms with E-state index in [2.05, 4.69) is 15.3 Å². The summed E-state index contributed by atoms with van der Waals surface area (Å²) in [7, 11) is -3.35. The highest BCUT2D eigenvalue weighted by molar-refractivity contribution is 7.90. The fourth-order valence-corrected chi connectivity index (χ4v) is 3.23. The summed E-state index contributed by atoms with van der Waals surface area (Å²) in [5, 5.41) is 2.68. The highest BCUT2D eigenvalue weighted by Gasteiger charge is 2.15. The molecule has 1 heterocycles. The van der Waals surface area contributed by atoms with E-state index in [1.165, 1.54) is 12.1 Å². The van der Waals surface area contributed by atoms with Crippen molar-refractivity contribution < 1.29 is 13.2 Å². The Bertz CT molecular complexity index is 863. The molecule has 0 unspecified atom stereocenters. The van der Waals surface area contributed by atoms with Crippen LogP contribution in [0.3, 0.4) is 0 Å². The van der Waals surface area contributed by atoms with Gasteiger partial charge in [-0.05, 0) is 43.9 Å². The lowest BCUT2D eigenvalue weighted by atomic mass is 10.0. The van der Waals surface area contributed by atoms with Crippen molar-refractivity contribution in [2.75, 3.05) is 11.6 Å². The number of benzene rings is 1. The second kappa shape index (κ2) is 6.08. The van der Waals surface area contributed by atoms with Gasteiger partial charge in [0.05, 0.1) is 22.5 Å². The monoisotopic (exact) mass is 331 g/mol. The van der Waals surface area contributed by atoms with E-state index < -0.39 is 15.7 Å². The number of aryl methyl sites for hydroxylation is 2. The molecule has 1 aliphatic carbocycles. The lowest BCUT2D eigenvalue weighted by molar-refractivity contribution is 0.102. The molecule has 0 aliphatic heterocycles. The standard InChI is InChI=1S/C16H17N3O3S/c1-23(21,22)12-6-4-5-11(9-12)16(20)19-15-10-17-13-7-2-3-8-14(13)18-15/h4-6,9-10H,2-3,7-8H2,1H3,(H,18,19,20). The summed E-state index contributed by atoms with van der Waals surface area (Å²) in [6, 6.07) is 5.93. The average molecular weight is 331 g/mol. The van der Waals surface area contributed by atoms with Gasteiger partial charge < -0.3 is 5.32 Å². The molecule has 1 amide bonds. The molecule has 0 radical (unpaired) electrons. The zero-order valence-electron chi connectivity index (χ0n) is 12.7. The van der Waals surface area contributed by atoms with Gasteiger partial charge in [0.15, 0.2) is 15.7 Å². The van der Waals surface area contributed by atoms with E-state index in [9.17, 15) is 13.2 Å². The first-order chi connectivity index (χ1) is 10.9. The van der Waals surface area contributed by atoms with E-state index in [4.69, 9.17) is 0 Å². The zero-order valence-corrected chi connectivity index (χ0v) is 13.6. The Morgan fingerprint density at radius 1 is 1.17 bits per heavy atom. The predicted molar refractivity (Wildman–Crippen MR) is 86.2 cm³/mol. The van der Waals surface area contributed by atoms with E-state index in [1.807, 2.05) is 0 Å². The molecular formula is C16H17N3O3S. The topological polar surface area (TPSA) is 89.0 Å². The second-order valence-electron chi connectivity index (χ2n) is 5.61. The molecule has 0 saturated heterocycles. The number of aromatic nitrogens is 2. The van der Waals surface area contributed by atoms with E-state index >= 15 is 0 Å². The van der Waals surface area contributed by atoms with Crippen molar-refractivity contribution in [1.82, 2.24) is 9.97 Å². The number of rotatable bonds is 3. The first-order valence-corrected chi connectivity index (χ1v) is 9.29. The fraction of sp³-hybridized carbons (Fsp3) is 0.312. The van der Waals surface area contributed by atoms with Gasteiger partial charge in [0.1, 0.15) is 0 Å². The molecule has 2 aromatic rings. The van der Waals surface area contributed by atoms with Gasteiger partial charge >= 0.3 is 0 Å². The number of hydrogen-bond acceptors (Lipinski definition) is 5. The summed E-state index contributed by atoms with van der Waals surface area (Å²) in [5.74, 6) is -0.0130. The molecule has 1 N–H and O–H groups in total. The third-order valence-corrected chi connectivity index (χ3v) is 4.88. The minimum Gasteiger partial charge on any atom is -0.305 e. The maximum absolute atomic E-state index is 12.3. The van der Waals surface area contributed by atoms with Crippen LogP contribution in [-0.2, 0) is 22.7 Å². The number of carbonyl (C=O) groups is 1. The molecule has 0 spiro atoms. The number of sulfone groups is 1. The first-order valence-electron chi connectivity index (χ1n) is 7.40. The van der Waals surface area contributed by atoms with Gasteiger partial charge in [-0.15, -0.1) is 0 Å². The lowest BCUT2D eigenvalue weighted by Gasteiger charge is -2.14. The first kappa shape index (κ1) is 15.6. The van der Waals surface area contributed by atoms with Crippen LogP contribution in [0.25, 0.3) is 0 Å². The fourth-order valence-electron chi connectivity index (χ4n) is 2.56. The van der Waals surface area contributed by atoms with Crippen LogP contribution in [-0.4, -0.2) is 30.5 Å². The molecular weight excluding hydrogens is 314 g/mol. The van der Waals surface area contributed by atoms with Gasteiger partial charge in [-0.3, -0.25) is 9.78 Å². The normalized spacial score (nSPS) is 14.1. The molecule has 6 nitrogen and oxygen atoms in total. The number of nitrogens with zero attached hydrogens (tertiary/aromatic N) is 2. The van der Waals surface area contributed by atoms with Crippen molar-refractivity contribution in [1.29, 1.82) is 0 Å². The lowest BCUT2D eigenvalue weighted by Crippen LogP contribution is -2.16. The number of anilines is 1. The number of carbonyl (C=O) groups excluding carboxylic acids is 1. The van der Waals surface area contributed by atoms with Gasteiger partial charge in [-0.1, -0.05) is 6.07 Å². The maximum Gasteiger partial charge on any atom is 0.256 e. The Labute approximate surface area is 134 Å². The number of nitrogens with one attached hydrogen (secondary N) is 1. The Balaban J connectivity index is 1.82. The Kier molecular flexibility index (Phi) is 4.12. The van der Waals surface area contributed by atoms with Gasteiger partial charge in [-0.25, -0.2) is 13.4 Å². The van der Waals surface area contributed by atoms with Crippen molar-refractivity contribution in [3.8, 4) is 0 Å². The quantitative estimate of drug-likeness (QED) is 0.929. The van der Waals surface area contributed by atoms with E-state index in [0.717, 1.165) is 43.3 Å². The molecule has 120 valence electrons. The van der Waals surface area contributed by atoms with Crippen molar-refractivity contribution in [2.24, 2.45) is 0 Å². The highest BCUT2D eigenvalue weighted by atomic mass is 32.2. The average Bonchev–Trinajstić information content (AvgIpc) is 2.54. The van der Waals surface area contributed by atoms with E-state index in [1.54, 1.807) is 18.3 Å². The van der Waals surface area contributed by atoms with Crippen LogP contribution < -0.4 is 5.32 Å². The third kappa shape index (κ3) is 3.56. The van der Waals surface area contributed by atoms with Crippen molar-refractivity contribution in [2.45, 2.75) is 30.6 Å². The van der Waals surface area contributed by atoms with Crippen LogP contribution in [0, 0.1) is 0 Å². The summed E-state index contributed by atoms with van der Waals surface area (Å²) in [6.07, 6.45) is 6.64. The molecule has 0 saturated carbocycles. The Hall–Kier alpha value is -2.28. The number of hydrogen-bond donors (Lipinski definition) is 1. The van der Waals surface area contributed by atoms with Crippen molar-refractivity contribution >= 4 is 21.6 Å². The van der Waals surface area contributed by atoms with Crippen LogP contribution in [0.1, 0.15) is 34.6 Å². The Morgan fingerprint density at radius 3 is 2.65 bits per heavy atom.